The first-order chi connectivity index (χ1) is 11.6. The van der Waals surface area contributed by atoms with E-state index in [9.17, 15) is 4.79 Å². The van der Waals surface area contributed by atoms with Gasteiger partial charge in [-0.1, -0.05) is 0 Å². The monoisotopic (exact) mass is 406 g/mol. The van der Waals surface area contributed by atoms with Crippen LogP contribution in [-0.4, -0.2) is 29.6 Å². The van der Waals surface area contributed by atoms with Crippen LogP contribution in [0.1, 0.15) is 12.7 Å². The molecule has 0 unspecified atom stereocenters. The van der Waals surface area contributed by atoms with Crippen LogP contribution in [0.5, 0.6) is 5.75 Å². The third-order valence-corrected chi connectivity index (χ3v) is 4.80. The van der Waals surface area contributed by atoms with Crippen molar-refractivity contribution >= 4 is 50.5 Å². The molecule has 1 amide bonds. The van der Waals surface area contributed by atoms with E-state index in [2.05, 4.69) is 20.9 Å². The number of thioether (sulfide) groups is 1. The van der Waals surface area contributed by atoms with Crippen molar-refractivity contribution < 1.29 is 13.9 Å². The number of halogens is 1. The number of nitrogens with zero attached hydrogens (tertiary/aromatic N) is 2. The lowest BCUT2D eigenvalue weighted by atomic mass is 10.3. The zero-order valence-corrected chi connectivity index (χ0v) is 15.6. The van der Waals surface area contributed by atoms with Crippen molar-refractivity contribution in [2.24, 2.45) is 4.99 Å². The van der Waals surface area contributed by atoms with Gasteiger partial charge in [-0.25, -0.2) is 4.99 Å². The number of carbonyl (C=O) groups is 1. The van der Waals surface area contributed by atoms with E-state index in [0.29, 0.717) is 27.0 Å². The zero-order chi connectivity index (χ0) is 17.1. The van der Waals surface area contributed by atoms with Gasteiger partial charge in [0.1, 0.15) is 11.5 Å². The number of likely N-dealkylation sites (N-methyl/N-ethyl adjacent to an activating group) is 1. The molecule has 3 rings (SSSR count). The van der Waals surface area contributed by atoms with Gasteiger partial charge >= 0.3 is 0 Å². The molecule has 1 fully saturated rings. The zero-order valence-electron chi connectivity index (χ0n) is 13.2. The van der Waals surface area contributed by atoms with Crippen molar-refractivity contribution in [3.63, 3.8) is 0 Å². The predicted molar refractivity (Wildman–Crippen MR) is 99.5 cm³/mol. The first-order valence-corrected chi connectivity index (χ1v) is 8.91. The molecule has 2 heterocycles. The maximum atomic E-state index is 12.5. The molecule has 2 aromatic rings. The Morgan fingerprint density at radius 1 is 1.29 bits per heavy atom. The van der Waals surface area contributed by atoms with Gasteiger partial charge in [0.15, 0.2) is 9.84 Å². The standard InChI is InChI=1S/C17H15BrN2O3S/c1-3-20-16(21)14(10-13-8-9-15(18)23-13)24-17(20)19-11-4-6-12(22-2)7-5-11/h4-10H,3H2,1-2H3/b14-10+,19-17?. The van der Waals surface area contributed by atoms with E-state index in [1.807, 2.05) is 31.2 Å². The summed E-state index contributed by atoms with van der Waals surface area (Å²) in [6.07, 6.45) is 1.73. The predicted octanol–water partition coefficient (Wildman–Crippen LogP) is 4.67. The van der Waals surface area contributed by atoms with Crippen molar-refractivity contribution in [1.29, 1.82) is 0 Å². The highest BCUT2D eigenvalue weighted by Crippen LogP contribution is 2.34. The van der Waals surface area contributed by atoms with Crippen LogP contribution in [-0.2, 0) is 4.79 Å². The van der Waals surface area contributed by atoms with Crippen LogP contribution < -0.4 is 4.74 Å². The third-order valence-electron chi connectivity index (χ3n) is 3.37. The quantitative estimate of drug-likeness (QED) is 0.691. The Labute approximate surface area is 152 Å². The molecule has 1 saturated heterocycles. The van der Waals surface area contributed by atoms with Crippen LogP contribution in [0.25, 0.3) is 6.08 Å². The maximum absolute atomic E-state index is 12.5. The highest BCUT2D eigenvalue weighted by molar-refractivity contribution is 9.10. The van der Waals surface area contributed by atoms with Gasteiger partial charge in [0.2, 0.25) is 0 Å². The first-order valence-electron chi connectivity index (χ1n) is 7.30. The Morgan fingerprint density at radius 2 is 2.04 bits per heavy atom. The number of furan rings is 1. The summed E-state index contributed by atoms with van der Waals surface area (Å²) in [5.74, 6) is 1.33. The number of aliphatic imine (C=N–C) groups is 1. The molecule has 0 saturated carbocycles. The van der Waals surface area contributed by atoms with Crippen LogP contribution in [0.2, 0.25) is 0 Å². The summed E-state index contributed by atoms with van der Waals surface area (Å²) < 4.78 is 11.2. The van der Waals surface area contributed by atoms with Crippen LogP contribution >= 0.6 is 27.7 Å². The molecule has 5 nitrogen and oxygen atoms in total. The number of amidine groups is 1. The van der Waals surface area contributed by atoms with E-state index in [4.69, 9.17) is 9.15 Å². The van der Waals surface area contributed by atoms with Crippen LogP contribution in [0.15, 0.2) is 55.4 Å². The number of hydrogen-bond acceptors (Lipinski definition) is 5. The van der Waals surface area contributed by atoms with Crippen molar-refractivity contribution in [3.8, 4) is 5.75 Å². The maximum Gasteiger partial charge on any atom is 0.266 e. The summed E-state index contributed by atoms with van der Waals surface area (Å²) in [7, 11) is 1.62. The lowest BCUT2D eigenvalue weighted by Gasteiger charge is -2.12. The molecule has 24 heavy (non-hydrogen) atoms. The lowest BCUT2D eigenvalue weighted by Crippen LogP contribution is -2.28. The van der Waals surface area contributed by atoms with Gasteiger partial charge in [0.25, 0.3) is 5.91 Å². The lowest BCUT2D eigenvalue weighted by molar-refractivity contribution is -0.122. The normalized spacial score (nSPS) is 18.0. The topological polar surface area (TPSA) is 55.0 Å². The van der Waals surface area contributed by atoms with E-state index in [1.54, 1.807) is 30.2 Å². The Kier molecular flexibility index (Phi) is 5.11. The summed E-state index contributed by atoms with van der Waals surface area (Å²) in [6.45, 7) is 2.48. The summed E-state index contributed by atoms with van der Waals surface area (Å²) in [5, 5.41) is 0.657. The molecule has 0 bridgehead atoms. The number of methoxy groups -OCH3 is 1. The molecule has 0 aliphatic carbocycles. The second-order valence-corrected chi connectivity index (χ2v) is 6.69. The van der Waals surface area contributed by atoms with Crippen LogP contribution in [0, 0.1) is 0 Å². The fourth-order valence-corrected chi connectivity index (χ4v) is 3.53. The molecule has 1 aromatic heterocycles. The smallest absolute Gasteiger partial charge is 0.266 e. The Morgan fingerprint density at radius 3 is 2.62 bits per heavy atom. The van der Waals surface area contributed by atoms with Gasteiger partial charge in [0, 0.05) is 12.6 Å². The summed E-state index contributed by atoms with van der Waals surface area (Å²) in [5.41, 5.74) is 0.770. The number of benzene rings is 1. The van der Waals surface area contributed by atoms with Crippen molar-refractivity contribution in [1.82, 2.24) is 4.90 Å². The summed E-state index contributed by atoms with van der Waals surface area (Å²) >= 11 is 4.60. The third kappa shape index (κ3) is 3.57. The van der Waals surface area contributed by atoms with Crippen molar-refractivity contribution in [2.75, 3.05) is 13.7 Å². The molecule has 1 aliphatic heterocycles. The number of carbonyl (C=O) groups excluding carboxylic acids is 1. The molecular formula is C17H15BrN2O3S. The fourth-order valence-electron chi connectivity index (χ4n) is 2.17. The van der Waals surface area contributed by atoms with Crippen molar-refractivity contribution in [3.05, 3.63) is 51.7 Å². The minimum atomic E-state index is -0.0673. The average Bonchev–Trinajstić information content (AvgIpc) is 3.12. The molecular weight excluding hydrogens is 392 g/mol. The second kappa shape index (κ2) is 7.27. The first kappa shape index (κ1) is 16.9. The van der Waals surface area contributed by atoms with Gasteiger partial charge < -0.3 is 9.15 Å². The van der Waals surface area contributed by atoms with Gasteiger partial charge in [-0.15, -0.1) is 0 Å². The van der Waals surface area contributed by atoms with Crippen molar-refractivity contribution in [2.45, 2.75) is 6.92 Å². The minimum absolute atomic E-state index is 0.0673. The number of rotatable bonds is 4. The second-order valence-electron chi connectivity index (χ2n) is 4.89. The van der Waals surface area contributed by atoms with E-state index < -0.39 is 0 Å². The molecule has 0 atom stereocenters. The van der Waals surface area contributed by atoms with Crippen LogP contribution in [0.4, 0.5) is 5.69 Å². The van der Waals surface area contributed by atoms with Gasteiger partial charge in [-0.2, -0.15) is 0 Å². The largest absolute Gasteiger partial charge is 0.497 e. The van der Waals surface area contributed by atoms with Gasteiger partial charge in [-0.3, -0.25) is 9.69 Å². The molecule has 1 aromatic carbocycles. The summed E-state index contributed by atoms with van der Waals surface area (Å²) in [4.78, 5) is 19.4. The van der Waals surface area contributed by atoms with Crippen LogP contribution in [0.3, 0.4) is 0 Å². The average molecular weight is 407 g/mol. The summed E-state index contributed by atoms with van der Waals surface area (Å²) in [6, 6.07) is 11.0. The molecule has 0 N–H and O–H groups in total. The Bertz CT molecular complexity index is 811. The minimum Gasteiger partial charge on any atom is -0.497 e. The fraction of sp³-hybridized carbons (Fsp3) is 0.176. The van der Waals surface area contributed by atoms with E-state index in [-0.39, 0.29) is 5.91 Å². The number of amides is 1. The van der Waals surface area contributed by atoms with E-state index in [0.717, 1.165) is 11.4 Å². The Balaban J connectivity index is 1.89. The number of ether oxygens (including phenoxy) is 1. The molecule has 0 radical (unpaired) electrons. The molecule has 0 spiro atoms. The SMILES string of the molecule is CCN1C(=O)/C(=C\c2ccc(Br)o2)SC1=Nc1ccc(OC)cc1. The van der Waals surface area contributed by atoms with E-state index in [1.165, 1.54) is 11.8 Å². The van der Waals surface area contributed by atoms with Gasteiger partial charge in [-0.05, 0) is 71.0 Å². The highest BCUT2D eigenvalue weighted by Gasteiger charge is 2.32. The molecule has 124 valence electrons. The van der Waals surface area contributed by atoms with E-state index >= 15 is 0 Å². The molecule has 1 aliphatic rings. The Hall–Kier alpha value is -1.99. The number of hydrogen-bond donors (Lipinski definition) is 0. The molecule has 7 heteroatoms. The van der Waals surface area contributed by atoms with Gasteiger partial charge in [0.05, 0.1) is 17.7 Å². The highest BCUT2D eigenvalue weighted by atomic mass is 79.9.